The molecule has 7 nitrogen and oxygen atoms in total. The molecule has 0 atom stereocenters. The van der Waals surface area contributed by atoms with Crippen molar-refractivity contribution in [2.24, 2.45) is 0 Å². The zero-order chi connectivity index (χ0) is 22.0. The van der Waals surface area contributed by atoms with Crippen LogP contribution in [0.3, 0.4) is 0 Å². The van der Waals surface area contributed by atoms with Gasteiger partial charge in [0.25, 0.3) is 5.91 Å². The molecule has 0 fully saturated rings. The number of alkyl halides is 3. The van der Waals surface area contributed by atoms with Gasteiger partial charge in [-0.25, -0.2) is 9.67 Å². The van der Waals surface area contributed by atoms with Gasteiger partial charge in [-0.1, -0.05) is 24.3 Å². The Bertz CT molecular complexity index is 1180. The molecular formula is C21H17F3N6O. The third-order valence-corrected chi connectivity index (χ3v) is 4.77. The highest BCUT2D eigenvalue weighted by atomic mass is 19.4. The average molecular weight is 426 g/mol. The van der Waals surface area contributed by atoms with Crippen LogP contribution in [0.1, 0.15) is 27.2 Å². The molecule has 0 radical (unpaired) electrons. The number of pyridine rings is 1. The monoisotopic (exact) mass is 426 g/mol. The molecule has 158 valence electrons. The summed E-state index contributed by atoms with van der Waals surface area (Å²) in [6.45, 7) is 1.96. The summed E-state index contributed by atoms with van der Waals surface area (Å²) in [6, 6.07) is 11.7. The lowest BCUT2D eigenvalue weighted by Gasteiger charge is -2.09. The number of benzene rings is 1. The predicted octanol–water partition coefficient (Wildman–Crippen LogP) is 3.91. The third-order valence-electron chi connectivity index (χ3n) is 4.77. The molecule has 2 N–H and O–H groups in total. The first-order chi connectivity index (χ1) is 14.8. The highest BCUT2D eigenvalue weighted by Crippen LogP contribution is 2.28. The molecule has 4 aromatic rings. The van der Waals surface area contributed by atoms with Crippen LogP contribution in [0, 0.1) is 6.92 Å². The van der Waals surface area contributed by atoms with Gasteiger partial charge in [0.2, 0.25) is 0 Å². The number of amides is 1. The van der Waals surface area contributed by atoms with Gasteiger partial charge >= 0.3 is 6.18 Å². The first-order valence-electron chi connectivity index (χ1n) is 9.28. The van der Waals surface area contributed by atoms with E-state index in [2.05, 4.69) is 25.6 Å². The molecule has 0 aliphatic carbocycles. The van der Waals surface area contributed by atoms with E-state index in [-0.39, 0.29) is 11.7 Å². The topological polar surface area (TPSA) is 88.5 Å². The number of carbonyl (C=O) groups excluding carboxylic acids is 1. The van der Waals surface area contributed by atoms with Crippen LogP contribution in [-0.2, 0) is 12.7 Å². The van der Waals surface area contributed by atoms with Crippen molar-refractivity contribution < 1.29 is 18.0 Å². The van der Waals surface area contributed by atoms with Crippen molar-refractivity contribution in [1.29, 1.82) is 0 Å². The molecule has 1 aromatic carbocycles. The predicted molar refractivity (Wildman–Crippen MR) is 106 cm³/mol. The summed E-state index contributed by atoms with van der Waals surface area (Å²) >= 11 is 0. The number of nitrogens with zero attached hydrogens (tertiary/aromatic N) is 4. The highest BCUT2D eigenvalue weighted by Gasteiger charge is 2.30. The van der Waals surface area contributed by atoms with Gasteiger partial charge in [0.1, 0.15) is 0 Å². The van der Waals surface area contributed by atoms with Crippen LogP contribution in [0.4, 0.5) is 13.2 Å². The summed E-state index contributed by atoms with van der Waals surface area (Å²) in [5, 5.41) is 13.7. The second-order valence-corrected chi connectivity index (χ2v) is 6.81. The molecule has 0 unspecified atom stereocenters. The normalized spacial score (nSPS) is 11.5. The van der Waals surface area contributed by atoms with E-state index in [0.717, 1.165) is 29.1 Å². The number of nitrogens with one attached hydrogen (secondary N) is 2. The molecule has 4 rings (SSSR count). The molecule has 0 spiro atoms. The van der Waals surface area contributed by atoms with Gasteiger partial charge in [0.15, 0.2) is 5.82 Å². The standard InChI is InChI=1S/C21H17F3N6O/c1-13-17(12-28-30(13)19-7-6-16(11-25-19)21(22,23)24)20(31)26-10-14-2-4-15(5-3-14)18-8-9-27-29-18/h2-9,11-12H,10H2,1H3,(H,26,31)(H,27,29). The lowest BCUT2D eigenvalue weighted by molar-refractivity contribution is -0.137. The second-order valence-electron chi connectivity index (χ2n) is 6.81. The van der Waals surface area contributed by atoms with Crippen molar-refractivity contribution in [1.82, 2.24) is 30.3 Å². The van der Waals surface area contributed by atoms with Crippen molar-refractivity contribution in [3.8, 4) is 17.1 Å². The van der Waals surface area contributed by atoms with E-state index in [4.69, 9.17) is 0 Å². The number of rotatable bonds is 5. The van der Waals surface area contributed by atoms with Gasteiger partial charge in [-0.2, -0.15) is 23.4 Å². The maximum atomic E-state index is 12.7. The van der Waals surface area contributed by atoms with Crippen LogP contribution in [0.5, 0.6) is 0 Å². The van der Waals surface area contributed by atoms with Crippen molar-refractivity contribution >= 4 is 5.91 Å². The zero-order valence-electron chi connectivity index (χ0n) is 16.3. The van der Waals surface area contributed by atoms with Crippen LogP contribution in [0.15, 0.2) is 61.1 Å². The number of aromatic amines is 1. The van der Waals surface area contributed by atoms with Crippen molar-refractivity contribution in [3.63, 3.8) is 0 Å². The van der Waals surface area contributed by atoms with E-state index in [1.165, 1.54) is 16.9 Å². The Morgan fingerprint density at radius 1 is 1.10 bits per heavy atom. The molecule has 0 aliphatic rings. The second kappa shape index (κ2) is 8.05. The fourth-order valence-electron chi connectivity index (χ4n) is 3.04. The Morgan fingerprint density at radius 3 is 2.48 bits per heavy atom. The molecular weight excluding hydrogens is 409 g/mol. The minimum Gasteiger partial charge on any atom is -0.348 e. The van der Waals surface area contributed by atoms with Gasteiger partial charge in [0, 0.05) is 18.9 Å². The van der Waals surface area contributed by atoms with Crippen LogP contribution in [0.2, 0.25) is 0 Å². The Balaban J connectivity index is 1.43. The molecule has 31 heavy (non-hydrogen) atoms. The summed E-state index contributed by atoms with van der Waals surface area (Å²) in [5.74, 6) is -0.146. The van der Waals surface area contributed by atoms with Crippen LogP contribution in [0.25, 0.3) is 17.1 Å². The number of H-pyrrole nitrogens is 1. The van der Waals surface area contributed by atoms with E-state index in [1.807, 2.05) is 30.3 Å². The maximum absolute atomic E-state index is 12.7. The molecule has 0 aliphatic heterocycles. The third kappa shape index (κ3) is 4.32. The van der Waals surface area contributed by atoms with Gasteiger partial charge < -0.3 is 5.32 Å². The zero-order valence-corrected chi connectivity index (χ0v) is 16.3. The van der Waals surface area contributed by atoms with Crippen LogP contribution in [-0.4, -0.2) is 30.9 Å². The van der Waals surface area contributed by atoms with E-state index in [9.17, 15) is 18.0 Å². The molecule has 0 saturated carbocycles. The highest BCUT2D eigenvalue weighted by molar-refractivity contribution is 5.95. The van der Waals surface area contributed by atoms with Crippen LogP contribution >= 0.6 is 0 Å². The van der Waals surface area contributed by atoms with E-state index in [0.29, 0.717) is 17.8 Å². The summed E-state index contributed by atoms with van der Waals surface area (Å²) in [7, 11) is 0. The molecule has 0 bridgehead atoms. The minimum atomic E-state index is -4.47. The Hall–Kier alpha value is -3.95. The summed E-state index contributed by atoms with van der Waals surface area (Å²) < 4.78 is 39.5. The fraction of sp³-hybridized carbons (Fsp3) is 0.143. The van der Waals surface area contributed by atoms with Crippen molar-refractivity contribution in [2.45, 2.75) is 19.6 Å². The molecule has 3 heterocycles. The van der Waals surface area contributed by atoms with Crippen molar-refractivity contribution in [2.75, 3.05) is 0 Å². The van der Waals surface area contributed by atoms with Gasteiger partial charge in [-0.15, -0.1) is 0 Å². The first-order valence-corrected chi connectivity index (χ1v) is 9.28. The number of hydrogen-bond acceptors (Lipinski definition) is 4. The van der Waals surface area contributed by atoms with Crippen LogP contribution < -0.4 is 5.32 Å². The van der Waals surface area contributed by atoms with E-state index >= 15 is 0 Å². The summed E-state index contributed by atoms with van der Waals surface area (Å²) in [6.07, 6.45) is -0.688. The molecule has 1 amide bonds. The number of halogens is 3. The van der Waals surface area contributed by atoms with Gasteiger partial charge in [0.05, 0.1) is 28.7 Å². The maximum Gasteiger partial charge on any atom is 0.417 e. The lowest BCUT2D eigenvalue weighted by atomic mass is 10.1. The SMILES string of the molecule is Cc1c(C(=O)NCc2ccc(-c3ccn[nH]3)cc2)cnn1-c1ccc(C(F)(F)F)cn1. The van der Waals surface area contributed by atoms with E-state index < -0.39 is 11.7 Å². The van der Waals surface area contributed by atoms with E-state index in [1.54, 1.807) is 13.1 Å². The smallest absolute Gasteiger partial charge is 0.348 e. The first kappa shape index (κ1) is 20.3. The van der Waals surface area contributed by atoms with Gasteiger partial charge in [-0.05, 0) is 36.2 Å². The molecule has 10 heteroatoms. The number of hydrogen-bond donors (Lipinski definition) is 2. The Morgan fingerprint density at radius 2 is 1.87 bits per heavy atom. The Labute approximate surface area is 174 Å². The van der Waals surface area contributed by atoms with Gasteiger partial charge in [-0.3, -0.25) is 9.89 Å². The Kier molecular flexibility index (Phi) is 5.28. The largest absolute Gasteiger partial charge is 0.417 e. The van der Waals surface area contributed by atoms with Crippen molar-refractivity contribution in [3.05, 3.63) is 83.4 Å². The minimum absolute atomic E-state index is 0.193. The number of aromatic nitrogens is 5. The fourth-order valence-corrected chi connectivity index (χ4v) is 3.04. The summed E-state index contributed by atoms with van der Waals surface area (Å²) in [4.78, 5) is 16.4. The molecule has 3 aromatic heterocycles. The number of carbonyl (C=O) groups is 1. The molecule has 0 saturated heterocycles. The summed E-state index contributed by atoms with van der Waals surface area (Å²) in [5.41, 5.74) is 2.73. The quantitative estimate of drug-likeness (QED) is 0.506. The average Bonchev–Trinajstić information content (AvgIpc) is 3.42. The lowest BCUT2D eigenvalue weighted by Crippen LogP contribution is -2.23.